The number of likely N-dealkylation sites (tertiary alicyclic amines) is 1. The summed E-state index contributed by atoms with van der Waals surface area (Å²) in [5, 5.41) is 7.30. The SMILES string of the molecule is Cc1ccc(C2C(C(=O)Nc3cnn(CCN(C)C)c3)CCC(=O)N2C)cc1. The molecule has 150 valence electrons. The molecule has 2 amide bonds. The average Bonchev–Trinajstić information content (AvgIpc) is 3.10. The van der Waals surface area contributed by atoms with E-state index >= 15 is 0 Å². The second-order valence-electron chi connectivity index (χ2n) is 7.79. The number of benzene rings is 1. The standard InChI is InChI=1S/C21H29N5O2/c1-15-5-7-16(8-6-15)20-18(9-10-19(27)25(20)4)21(28)23-17-13-22-26(14-17)12-11-24(2)3/h5-8,13-14,18,20H,9-12H2,1-4H3,(H,23,28). The molecule has 1 aromatic carbocycles. The maximum atomic E-state index is 13.1. The molecule has 2 aromatic rings. The Bertz CT molecular complexity index is 828. The molecule has 0 spiro atoms. The highest BCUT2D eigenvalue weighted by atomic mass is 16.2. The number of carbonyl (C=O) groups is 2. The Morgan fingerprint density at radius 3 is 2.68 bits per heavy atom. The maximum Gasteiger partial charge on any atom is 0.230 e. The molecule has 1 fully saturated rings. The first-order chi connectivity index (χ1) is 13.3. The Morgan fingerprint density at radius 1 is 1.29 bits per heavy atom. The van der Waals surface area contributed by atoms with Crippen LogP contribution in [-0.4, -0.2) is 59.1 Å². The molecule has 28 heavy (non-hydrogen) atoms. The first-order valence-corrected chi connectivity index (χ1v) is 9.65. The van der Waals surface area contributed by atoms with E-state index in [0.717, 1.165) is 24.2 Å². The maximum absolute atomic E-state index is 13.1. The van der Waals surface area contributed by atoms with E-state index < -0.39 is 0 Å². The van der Waals surface area contributed by atoms with Crippen LogP contribution >= 0.6 is 0 Å². The molecule has 3 rings (SSSR count). The zero-order chi connectivity index (χ0) is 20.3. The van der Waals surface area contributed by atoms with Gasteiger partial charge in [0.15, 0.2) is 0 Å². The molecule has 0 saturated carbocycles. The van der Waals surface area contributed by atoms with Gasteiger partial charge in [-0.25, -0.2) is 0 Å². The van der Waals surface area contributed by atoms with Gasteiger partial charge in [-0.15, -0.1) is 0 Å². The number of nitrogens with one attached hydrogen (secondary N) is 1. The van der Waals surface area contributed by atoms with Gasteiger partial charge < -0.3 is 15.1 Å². The molecular weight excluding hydrogens is 354 g/mol. The molecule has 7 nitrogen and oxygen atoms in total. The fourth-order valence-corrected chi connectivity index (χ4v) is 3.62. The van der Waals surface area contributed by atoms with Crippen LogP contribution in [0.4, 0.5) is 5.69 Å². The van der Waals surface area contributed by atoms with Crippen molar-refractivity contribution in [2.24, 2.45) is 5.92 Å². The van der Waals surface area contributed by atoms with Crippen molar-refractivity contribution in [3.8, 4) is 0 Å². The zero-order valence-corrected chi connectivity index (χ0v) is 17.1. The second kappa shape index (κ2) is 8.56. The van der Waals surface area contributed by atoms with Gasteiger partial charge in [0.1, 0.15) is 0 Å². The number of hydrogen-bond acceptors (Lipinski definition) is 4. The summed E-state index contributed by atoms with van der Waals surface area (Å²) >= 11 is 0. The van der Waals surface area contributed by atoms with Gasteiger partial charge in [0.25, 0.3) is 0 Å². The largest absolute Gasteiger partial charge is 0.338 e. The molecule has 0 bridgehead atoms. The quantitative estimate of drug-likeness (QED) is 0.831. The number of aryl methyl sites for hydroxylation is 1. The number of likely N-dealkylation sites (N-methyl/N-ethyl adjacent to an activating group) is 1. The van der Waals surface area contributed by atoms with Crippen LogP contribution in [0.25, 0.3) is 0 Å². The van der Waals surface area contributed by atoms with Crippen LogP contribution in [0.2, 0.25) is 0 Å². The van der Waals surface area contributed by atoms with Gasteiger partial charge in [0, 0.05) is 26.2 Å². The Balaban J connectivity index is 1.75. The van der Waals surface area contributed by atoms with Gasteiger partial charge in [-0.3, -0.25) is 14.3 Å². The predicted octanol–water partition coefficient (Wildman–Crippen LogP) is 2.30. The molecule has 1 aliphatic heterocycles. The van der Waals surface area contributed by atoms with Crippen molar-refractivity contribution in [1.82, 2.24) is 19.6 Å². The summed E-state index contributed by atoms with van der Waals surface area (Å²) in [6.07, 6.45) is 4.45. The van der Waals surface area contributed by atoms with Gasteiger partial charge >= 0.3 is 0 Å². The van der Waals surface area contributed by atoms with E-state index in [4.69, 9.17) is 0 Å². The predicted molar refractivity (Wildman–Crippen MR) is 109 cm³/mol. The molecule has 2 heterocycles. The Morgan fingerprint density at radius 2 is 2.00 bits per heavy atom. The average molecular weight is 383 g/mol. The second-order valence-corrected chi connectivity index (χ2v) is 7.79. The normalized spacial score (nSPS) is 19.9. The van der Waals surface area contributed by atoms with Crippen LogP contribution in [0.3, 0.4) is 0 Å². The lowest BCUT2D eigenvalue weighted by molar-refractivity contribution is -0.140. The molecule has 1 aromatic heterocycles. The number of aromatic nitrogens is 2. The van der Waals surface area contributed by atoms with E-state index in [1.807, 2.05) is 56.2 Å². The number of hydrogen-bond donors (Lipinski definition) is 1. The molecule has 1 saturated heterocycles. The third kappa shape index (κ3) is 4.59. The number of amides is 2. The minimum absolute atomic E-state index is 0.0721. The van der Waals surface area contributed by atoms with Gasteiger partial charge in [-0.2, -0.15) is 5.10 Å². The summed E-state index contributed by atoms with van der Waals surface area (Å²) in [6.45, 7) is 3.66. The number of piperidine rings is 1. The van der Waals surface area contributed by atoms with Crippen molar-refractivity contribution in [3.05, 3.63) is 47.8 Å². The lowest BCUT2D eigenvalue weighted by Gasteiger charge is -2.38. The van der Waals surface area contributed by atoms with E-state index in [0.29, 0.717) is 18.5 Å². The lowest BCUT2D eigenvalue weighted by Crippen LogP contribution is -2.44. The lowest BCUT2D eigenvalue weighted by atomic mass is 9.83. The fourth-order valence-electron chi connectivity index (χ4n) is 3.62. The summed E-state index contributed by atoms with van der Waals surface area (Å²) < 4.78 is 1.82. The van der Waals surface area contributed by atoms with Crippen LogP contribution in [0.5, 0.6) is 0 Å². The summed E-state index contributed by atoms with van der Waals surface area (Å²) in [7, 11) is 5.81. The van der Waals surface area contributed by atoms with Crippen LogP contribution in [0, 0.1) is 12.8 Å². The van der Waals surface area contributed by atoms with E-state index in [2.05, 4.69) is 15.3 Å². The first-order valence-electron chi connectivity index (χ1n) is 9.65. The van der Waals surface area contributed by atoms with Crippen molar-refractivity contribution in [3.63, 3.8) is 0 Å². The van der Waals surface area contributed by atoms with E-state index in [-0.39, 0.29) is 23.8 Å². The van der Waals surface area contributed by atoms with Crippen LogP contribution in [-0.2, 0) is 16.1 Å². The third-order valence-corrected chi connectivity index (χ3v) is 5.29. The highest BCUT2D eigenvalue weighted by molar-refractivity contribution is 5.94. The Hall–Kier alpha value is -2.67. The fraction of sp³-hybridized carbons (Fsp3) is 0.476. The van der Waals surface area contributed by atoms with Crippen LogP contribution in [0.1, 0.15) is 30.0 Å². The minimum atomic E-state index is -0.296. The number of carbonyl (C=O) groups excluding carboxylic acids is 2. The number of nitrogens with zero attached hydrogens (tertiary/aromatic N) is 4. The first kappa shape index (κ1) is 20.1. The Labute approximate surface area is 166 Å². The van der Waals surface area contributed by atoms with Gasteiger partial charge in [0.05, 0.1) is 30.4 Å². The van der Waals surface area contributed by atoms with E-state index in [9.17, 15) is 9.59 Å². The minimum Gasteiger partial charge on any atom is -0.338 e. The molecule has 1 aliphatic rings. The molecular formula is C21H29N5O2. The highest BCUT2D eigenvalue weighted by Crippen LogP contribution is 2.36. The van der Waals surface area contributed by atoms with Crippen LogP contribution in [0.15, 0.2) is 36.7 Å². The summed E-state index contributed by atoms with van der Waals surface area (Å²) in [5.74, 6) is -0.293. The summed E-state index contributed by atoms with van der Waals surface area (Å²) in [4.78, 5) is 29.1. The number of rotatable bonds is 6. The smallest absolute Gasteiger partial charge is 0.230 e. The molecule has 0 radical (unpaired) electrons. The van der Waals surface area contributed by atoms with E-state index in [1.54, 1.807) is 18.1 Å². The molecule has 7 heteroatoms. The van der Waals surface area contributed by atoms with Crippen molar-refractivity contribution >= 4 is 17.5 Å². The van der Waals surface area contributed by atoms with Gasteiger partial charge in [-0.1, -0.05) is 29.8 Å². The van der Waals surface area contributed by atoms with Gasteiger partial charge in [0.2, 0.25) is 11.8 Å². The van der Waals surface area contributed by atoms with Gasteiger partial charge in [-0.05, 0) is 33.0 Å². The number of anilines is 1. The third-order valence-electron chi connectivity index (χ3n) is 5.29. The van der Waals surface area contributed by atoms with Crippen molar-refractivity contribution in [2.75, 3.05) is 33.0 Å². The van der Waals surface area contributed by atoms with Crippen molar-refractivity contribution in [2.45, 2.75) is 32.4 Å². The molecule has 2 atom stereocenters. The summed E-state index contributed by atoms with van der Waals surface area (Å²) in [6, 6.07) is 7.80. The highest BCUT2D eigenvalue weighted by Gasteiger charge is 2.38. The van der Waals surface area contributed by atoms with Crippen LogP contribution < -0.4 is 5.32 Å². The topological polar surface area (TPSA) is 70.5 Å². The van der Waals surface area contributed by atoms with Crippen molar-refractivity contribution < 1.29 is 9.59 Å². The molecule has 2 unspecified atom stereocenters. The Kier molecular flexibility index (Phi) is 6.14. The molecule has 1 N–H and O–H groups in total. The zero-order valence-electron chi connectivity index (χ0n) is 17.1. The summed E-state index contributed by atoms with van der Waals surface area (Å²) in [5.41, 5.74) is 2.83. The monoisotopic (exact) mass is 383 g/mol. The molecule has 0 aliphatic carbocycles. The van der Waals surface area contributed by atoms with E-state index in [1.165, 1.54) is 0 Å². The van der Waals surface area contributed by atoms with Crippen molar-refractivity contribution in [1.29, 1.82) is 0 Å².